The fraction of sp³-hybridized carbons (Fsp3) is 0.261. The summed E-state index contributed by atoms with van der Waals surface area (Å²) < 4.78 is 5.99. The molecule has 4 rings (SSSR count). The number of rotatable bonds is 6. The molecule has 1 saturated carbocycles. The molecule has 3 amide bonds. The number of oxazole rings is 1. The average molecular weight is 422 g/mol. The molecule has 0 unspecified atom stereocenters. The lowest BCUT2D eigenvalue weighted by molar-refractivity contribution is -0.117. The largest absolute Gasteiger partial charge is 0.431 e. The summed E-state index contributed by atoms with van der Waals surface area (Å²) in [7, 11) is 0. The number of benzene rings is 2. The van der Waals surface area contributed by atoms with Gasteiger partial charge in [-0.25, -0.2) is 9.78 Å². The van der Waals surface area contributed by atoms with E-state index >= 15 is 0 Å². The molecule has 0 aliphatic heterocycles. The second kappa shape index (κ2) is 9.63. The lowest BCUT2D eigenvalue weighted by Crippen LogP contribution is -2.44. The highest BCUT2D eigenvalue weighted by atomic mass is 32.2. The first kappa shape index (κ1) is 20.2. The number of urea groups is 1. The van der Waals surface area contributed by atoms with E-state index in [1.54, 1.807) is 0 Å². The predicted molar refractivity (Wildman–Crippen MR) is 117 cm³/mol. The summed E-state index contributed by atoms with van der Waals surface area (Å²) in [5, 5.41) is 5.62. The standard InChI is InChI=1S/C23H23N3O3S/c27-19(25-22(28)24-18-13-7-8-14-18)15-30-23-26-20(16-9-3-1-4-10-16)21(29-23)17-11-5-2-6-12-17/h1-6,9-12,18H,7-8,13-15H2,(H2,24,25,27,28). The van der Waals surface area contributed by atoms with E-state index in [2.05, 4.69) is 15.6 Å². The summed E-state index contributed by atoms with van der Waals surface area (Å²) in [6, 6.07) is 19.3. The first-order chi connectivity index (χ1) is 14.7. The number of nitrogens with one attached hydrogen (secondary N) is 2. The molecule has 154 valence electrons. The van der Waals surface area contributed by atoms with Crippen LogP contribution in [0.4, 0.5) is 4.79 Å². The van der Waals surface area contributed by atoms with Crippen molar-refractivity contribution >= 4 is 23.7 Å². The van der Waals surface area contributed by atoms with E-state index in [1.165, 1.54) is 11.8 Å². The third-order valence-corrected chi connectivity index (χ3v) is 5.79. The second-order valence-electron chi connectivity index (χ2n) is 7.18. The minimum Gasteiger partial charge on any atom is -0.431 e. The third-order valence-electron chi connectivity index (χ3n) is 4.96. The SMILES string of the molecule is O=C(CSc1nc(-c2ccccc2)c(-c2ccccc2)o1)NC(=O)NC1CCCC1. The minimum atomic E-state index is -0.435. The maximum Gasteiger partial charge on any atom is 0.321 e. The normalized spacial score (nSPS) is 13.9. The first-order valence-corrected chi connectivity index (χ1v) is 11.0. The highest BCUT2D eigenvalue weighted by molar-refractivity contribution is 7.99. The van der Waals surface area contributed by atoms with Crippen LogP contribution in [0.25, 0.3) is 22.6 Å². The monoisotopic (exact) mass is 421 g/mol. The van der Waals surface area contributed by atoms with E-state index < -0.39 is 6.03 Å². The van der Waals surface area contributed by atoms with Gasteiger partial charge in [-0.15, -0.1) is 0 Å². The maximum atomic E-state index is 12.2. The highest BCUT2D eigenvalue weighted by Gasteiger charge is 2.20. The van der Waals surface area contributed by atoms with Gasteiger partial charge in [-0.3, -0.25) is 10.1 Å². The molecule has 0 spiro atoms. The summed E-state index contributed by atoms with van der Waals surface area (Å²) in [5.41, 5.74) is 2.58. The maximum absolute atomic E-state index is 12.2. The van der Waals surface area contributed by atoms with Crippen molar-refractivity contribution in [2.45, 2.75) is 36.9 Å². The Kier molecular flexibility index (Phi) is 6.49. The molecule has 1 aromatic heterocycles. The van der Waals surface area contributed by atoms with Gasteiger partial charge in [0.15, 0.2) is 5.76 Å². The minimum absolute atomic E-state index is 0.0427. The fourth-order valence-corrected chi connectivity index (χ4v) is 4.15. The zero-order chi connectivity index (χ0) is 20.8. The van der Waals surface area contributed by atoms with Crippen LogP contribution in [0.15, 0.2) is 70.3 Å². The molecule has 1 aliphatic rings. The van der Waals surface area contributed by atoms with Crippen LogP contribution in [0.2, 0.25) is 0 Å². The third kappa shape index (κ3) is 5.10. The van der Waals surface area contributed by atoms with E-state index in [4.69, 9.17) is 4.42 Å². The van der Waals surface area contributed by atoms with Gasteiger partial charge in [-0.1, -0.05) is 85.3 Å². The number of thioether (sulfide) groups is 1. The Morgan fingerprint density at radius 3 is 2.27 bits per heavy atom. The van der Waals surface area contributed by atoms with E-state index in [1.807, 2.05) is 60.7 Å². The van der Waals surface area contributed by atoms with Gasteiger partial charge in [-0.05, 0) is 12.8 Å². The van der Waals surface area contributed by atoms with Crippen LogP contribution in [0, 0.1) is 0 Å². The number of nitrogens with zero attached hydrogens (tertiary/aromatic N) is 1. The Labute approximate surface area is 179 Å². The van der Waals surface area contributed by atoms with Crippen molar-refractivity contribution in [1.82, 2.24) is 15.6 Å². The van der Waals surface area contributed by atoms with Crippen LogP contribution < -0.4 is 10.6 Å². The summed E-state index contributed by atoms with van der Waals surface area (Å²) in [6.07, 6.45) is 4.17. The number of hydrogen-bond donors (Lipinski definition) is 2. The van der Waals surface area contributed by atoms with Gasteiger partial charge in [0.1, 0.15) is 5.69 Å². The predicted octanol–water partition coefficient (Wildman–Crippen LogP) is 4.87. The number of imide groups is 1. The Hall–Kier alpha value is -3.06. The summed E-state index contributed by atoms with van der Waals surface area (Å²) in [5.74, 6) is 0.320. The lowest BCUT2D eigenvalue weighted by atomic mass is 10.1. The number of aromatic nitrogens is 1. The van der Waals surface area contributed by atoms with E-state index in [-0.39, 0.29) is 17.7 Å². The Morgan fingerprint density at radius 2 is 1.60 bits per heavy atom. The topological polar surface area (TPSA) is 84.2 Å². The van der Waals surface area contributed by atoms with Crippen molar-refractivity contribution in [3.63, 3.8) is 0 Å². The van der Waals surface area contributed by atoms with Gasteiger partial charge in [0, 0.05) is 17.2 Å². The molecule has 0 bridgehead atoms. The van der Waals surface area contributed by atoms with Crippen LogP contribution >= 0.6 is 11.8 Å². The Morgan fingerprint density at radius 1 is 0.967 bits per heavy atom. The molecular weight excluding hydrogens is 398 g/mol. The number of carbonyl (C=O) groups is 2. The molecule has 6 nitrogen and oxygen atoms in total. The van der Waals surface area contributed by atoms with Crippen molar-refractivity contribution in [2.75, 3.05) is 5.75 Å². The molecule has 1 fully saturated rings. The van der Waals surface area contributed by atoms with Crippen LogP contribution in [0.1, 0.15) is 25.7 Å². The van der Waals surface area contributed by atoms with Crippen molar-refractivity contribution in [3.8, 4) is 22.6 Å². The van der Waals surface area contributed by atoms with Crippen LogP contribution in [-0.2, 0) is 4.79 Å². The smallest absolute Gasteiger partial charge is 0.321 e. The quantitative estimate of drug-likeness (QED) is 0.555. The molecular formula is C23H23N3O3S. The lowest BCUT2D eigenvalue weighted by Gasteiger charge is -2.11. The average Bonchev–Trinajstić information content (AvgIpc) is 3.43. The van der Waals surface area contributed by atoms with Crippen LogP contribution in [0.5, 0.6) is 0 Å². The van der Waals surface area contributed by atoms with Gasteiger partial charge in [0.2, 0.25) is 5.91 Å². The molecule has 1 aliphatic carbocycles. The summed E-state index contributed by atoms with van der Waals surface area (Å²) >= 11 is 1.17. The Balaban J connectivity index is 1.43. The molecule has 3 aromatic rings. The number of amides is 3. The molecule has 7 heteroatoms. The number of carbonyl (C=O) groups excluding carboxylic acids is 2. The molecule has 0 radical (unpaired) electrons. The van der Waals surface area contributed by atoms with Crippen molar-refractivity contribution in [3.05, 3.63) is 60.7 Å². The second-order valence-corrected chi connectivity index (χ2v) is 8.11. The zero-order valence-electron chi connectivity index (χ0n) is 16.5. The van der Waals surface area contributed by atoms with Crippen LogP contribution in [0.3, 0.4) is 0 Å². The van der Waals surface area contributed by atoms with E-state index in [9.17, 15) is 9.59 Å². The van der Waals surface area contributed by atoms with Crippen molar-refractivity contribution in [2.24, 2.45) is 0 Å². The highest BCUT2D eigenvalue weighted by Crippen LogP contribution is 2.35. The van der Waals surface area contributed by atoms with Crippen molar-refractivity contribution < 1.29 is 14.0 Å². The number of hydrogen-bond acceptors (Lipinski definition) is 5. The molecule has 30 heavy (non-hydrogen) atoms. The molecule has 0 atom stereocenters. The molecule has 0 saturated heterocycles. The fourth-order valence-electron chi connectivity index (χ4n) is 3.52. The van der Waals surface area contributed by atoms with Gasteiger partial charge in [0.25, 0.3) is 5.22 Å². The van der Waals surface area contributed by atoms with Crippen molar-refractivity contribution in [1.29, 1.82) is 0 Å². The molecule has 2 N–H and O–H groups in total. The van der Waals surface area contributed by atoms with E-state index in [0.717, 1.165) is 42.5 Å². The van der Waals surface area contributed by atoms with Gasteiger partial charge in [0.05, 0.1) is 5.75 Å². The van der Waals surface area contributed by atoms with E-state index in [0.29, 0.717) is 11.0 Å². The summed E-state index contributed by atoms with van der Waals surface area (Å²) in [6.45, 7) is 0. The zero-order valence-corrected chi connectivity index (χ0v) is 17.3. The Bertz CT molecular complexity index is 942. The van der Waals surface area contributed by atoms with Gasteiger partial charge in [-0.2, -0.15) is 0 Å². The first-order valence-electron chi connectivity index (χ1n) is 10.0. The van der Waals surface area contributed by atoms with Gasteiger partial charge >= 0.3 is 6.03 Å². The summed E-state index contributed by atoms with van der Waals surface area (Å²) in [4.78, 5) is 28.7. The van der Waals surface area contributed by atoms with Crippen LogP contribution in [-0.4, -0.2) is 28.7 Å². The molecule has 2 aromatic carbocycles. The van der Waals surface area contributed by atoms with Gasteiger partial charge < -0.3 is 9.73 Å². The molecule has 1 heterocycles.